The van der Waals surface area contributed by atoms with Crippen LogP contribution in [0.4, 0.5) is 0 Å². The lowest BCUT2D eigenvalue weighted by Gasteiger charge is -2.00. The number of aromatic nitrogens is 3. The van der Waals surface area contributed by atoms with E-state index >= 15 is 0 Å². The van der Waals surface area contributed by atoms with Crippen molar-refractivity contribution in [3.63, 3.8) is 0 Å². The van der Waals surface area contributed by atoms with Gasteiger partial charge in [-0.25, -0.2) is 0 Å². The Balaban J connectivity index is 1.88. The largest absolute Gasteiger partial charge is 0.273 e. The van der Waals surface area contributed by atoms with Crippen LogP contribution in [0.2, 0.25) is 0 Å². The van der Waals surface area contributed by atoms with Crippen LogP contribution in [0.25, 0.3) is 11.0 Å². The maximum atomic E-state index is 12.1. The summed E-state index contributed by atoms with van der Waals surface area (Å²) in [6.07, 6.45) is 8.90. The molecule has 0 spiro atoms. The number of hydrogen-bond donors (Lipinski definition) is 0. The van der Waals surface area contributed by atoms with E-state index in [1.165, 1.54) is 4.68 Å². The molecule has 0 aliphatic heterocycles. The molecule has 1 aromatic carbocycles. The van der Waals surface area contributed by atoms with Crippen LogP contribution >= 0.6 is 0 Å². The minimum absolute atomic E-state index is 0.0215. The SMILES string of the molecule is CC/C=C/CCCCC(=O)n1nnc2ccccc21. The van der Waals surface area contributed by atoms with E-state index in [1.54, 1.807) is 0 Å². The zero-order valence-corrected chi connectivity index (χ0v) is 11.2. The average Bonchev–Trinajstić information content (AvgIpc) is 2.86. The lowest BCUT2D eigenvalue weighted by molar-refractivity contribution is 0.0886. The molecule has 4 nitrogen and oxygen atoms in total. The first-order valence-corrected chi connectivity index (χ1v) is 6.81. The van der Waals surface area contributed by atoms with Gasteiger partial charge in [-0.05, 0) is 37.8 Å². The molecule has 0 fully saturated rings. The number of unbranched alkanes of at least 4 members (excludes halogenated alkanes) is 2. The Morgan fingerprint density at radius 1 is 1.26 bits per heavy atom. The van der Waals surface area contributed by atoms with Gasteiger partial charge < -0.3 is 0 Å². The topological polar surface area (TPSA) is 47.8 Å². The molecule has 0 aliphatic rings. The van der Waals surface area contributed by atoms with Crippen molar-refractivity contribution in [2.45, 2.75) is 39.0 Å². The predicted octanol–water partition coefficient (Wildman–Crippen LogP) is 3.60. The van der Waals surface area contributed by atoms with Gasteiger partial charge in [0.25, 0.3) is 0 Å². The lowest BCUT2D eigenvalue weighted by atomic mass is 10.1. The van der Waals surface area contributed by atoms with Crippen molar-refractivity contribution in [2.75, 3.05) is 0 Å². The molecule has 0 atom stereocenters. The van der Waals surface area contributed by atoms with Gasteiger partial charge in [-0.2, -0.15) is 4.68 Å². The normalized spacial score (nSPS) is 11.4. The van der Waals surface area contributed by atoms with E-state index in [0.29, 0.717) is 6.42 Å². The fourth-order valence-corrected chi connectivity index (χ4v) is 1.98. The smallest absolute Gasteiger partial charge is 0.248 e. The van der Waals surface area contributed by atoms with Gasteiger partial charge in [0.15, 0.2) is 0 Å². The second-order valence-corrected chi connectivity index (χ2v) is 4.51. The number of hydrogen-bond acceptors (Lipinski definition) is 3. The van der Waals surface area contributed by atoms with Gasteiger partial charge in [0.2, 0.25) is 5.91 Å². The zero-order valence-electron chi connectivity index (χ0n) is 11.2. The van der Waals surface area contributed by atoms with E-state index < -0.39 is 0 Å². The predicted molar refractivity (Wildman–Crippen MR) is 76.1 cm³/mol. The number of para-hydroxylation sites is 1. The summed E-state index contributed by atoms with van der Waals surface area (Å²) in [7, 11) is 0. The van der Waals surface area contributed by atoms with Gasteiger partial charge in [-0.1, -0.05) is 36.4 Å². The Kier molecular flexibility index (Phi) is 4.84. The third-order valence-corrected chi connectivity index (χ3v) is 3.00. The van der Waals surface area contributed by atoms with E-state index in [4.69, 9.17) is 0 Å². The maximum absolute atomic E-state index is 12.1. The number of carbonyl (C=O) groups excluding carboxylic acids is 1. The second kappa shape index (κ2) is 6.83. The Bertz CT molecular complexity index is 572. The Hall–Kier alpha value is -1.97. The molecule has 0 saturated heterocycles. The number of nitrogens with zero attached hydrogens (tertiary/aromatic N) is 3. The number of allylic oxidation sites excluding steroid dienone is 2. The summed E-state index contributed by atoms with van der Waals surface area (Å²) in [6.45, 7) is 2.12. The Labute approximate surface area is 113 Å². The monoisotopic (exact) mass is 257 g/mol. The third-order valence-electron chi connectivity index (χ3n) is 3.00. The first kappa shape index (κ1) is 13.5. The van der Waals surface area contributed by atoms with Crippen LogP contribution in [0.15, 0.2) is 36.4 Å². The Morgan fingerprint density at radius 3 is 2.95 bits per heavy atom. The molecule has 0 radical (unpaired) electrons. The van der Waals surface area contributed by atoms with Gasteiger partial charge in [0, 0.05) is 6.42 Å². The van der Waals surface area contributed by atoms with E-state index in [1.807, 2.05) is 24.3 Å². The second-order valence-electron chi connectivity index (χ2n) is 4.51. The average molecular weight is 257 g/mol. The van der Waals surface area contributed by atoms with Crippen LogP contribution in [0, 0.1) is 0 Å². The summed E-state index contributed by atoms with van der Waals surface area (Å²) in [5.74, 6) is 0.0215. The fourth-order valence-electron chi connectivity index (χ4n) is 1.98. The molecule has 1 aromatic heterocycles. The van der Waals surface area contributed by atoms with E-state index in [9.17, 15) is 4.79 Å². The van der Waals surface area contributed by atoms with Crippen molar-refractivity contribution in [1.29, 1.82) is 0 Å². The van der Waals surface area contributed by atoms with Gasteiger partial charge in [0.05, 0.1) is 5.52 Å². The molecular weight excluding hydrogens is 238 g/mol. The highest BCUT2D eigenvalue weighted by Gasteiger charge is 2.10. The zero-order chi connectivity index (χ0) is 13.5. The highest BCUT2D eigenvalue weighted by Crippen LogP contribution is 2.11. The van der Waals surface area contributed by atoms with Gasteiger partial charge in [-0.3, -0.25) is 4.79 Å². The third kappa shape index (κ3) is 3.50. The summed E-state index contributed by atoms with van der Waals surface area (Å²) in [5.41, 5.74) is 1.56. The van der Waals surface area contributed by atoms with Crippen LogP contribution in [-0.2, 0) is 0 Å². The lowest BCUT2D eigenvalue weighted by Crippen LogP contribution is -2.11. The minimum Gasteiger partial charge on any atom is -0.273 e. The van der Waals surface area contributed by atoms with Gasteiger partial charge in [0.1, 0.15) is 5.52 Å². The van der Waals surface area contributed by atoms with Crippen molar-refractivity contribution in [1.82, 2.24) is 15.0 Å². The molecule has 100 valence electrons. The molecule has 19 heavy (non-hydrogen) atoms. The molecule has 0 bridgehead atoms. The van der Waals surface area contributed by atoms with Crippen LogP contribution in [-0.4, -0.2) is 20.9 Å². The fraction of sp³-hybridized carbons (Fsp3) is 0.400. The van der Waals surface area contributed by atoms with Crippen molar-refractivity contribution in [3.8, 4) is 0 Å². The summed E-state index contributed by atoms with van der Waals surface area (Å²) in [4.78, 5) is 12.1. The number of rotatable bonds is 6. The molecule has 2 rings (SSSR count). The maximum Gasteiger partial charge on any atom is 0.248 e. The van der Waals surface area contributed by atoms with Crippen LogP contribution in [0.5, 0.6) is 0 Å². The first-order chi connectivity index (χ1) is 9.33. The van der Waals surface area contributed by atoms with Crippen molar-refractivity contribution in [3.05, 3.63) is 36.4 Å². The highest BCUT2D eigenvalue weighted by atomic mass is 16.2. The summed E-state index contributed by atoms with van der Waals surface area (Å²) in [6, 6.07) is 7.52. The van der Waals surface area contributed by atoms with Gasteiger partial charge in [-0.15, -0.1) is 5.10 Å². The minimum atomic E-state index is 0.0215. The molecule has 0 N–H and O–H groups in total. The van der Waals surface area contributed by atoms with Crippen molar-refractivity contribution < 1.29 is 4.79 Å². The Morgan fingerprint density at radius 2 is 2.11 bits per heavy atom. The van der Waals surface area contributed by atoms with E-state index in [0.717, 1.165) is 36.7 Å². The van der Waals surface area contributed by atoms with Crippen LogP contribution < -0.4 is 0 Å². The molecular formula is C15H19N3O. The summed E-state index contributed by atoms with van der Waals surface area (Å²) in [5, 5.41) is 7.92. The van der Waals surface area contributed by atoms with Crippen LogP contribution in [0.3, 0.4) is 0 Å². The number of carbonyl (C=O) groups is 1. The van der Waals surface area contributed by atoms with E-state index in [-0.39, 0.29) is 5.91 Å². The molecule has 0 amide bonds. The molecule has 2 aromatic rings. The number of benzene rings is 1. The van der Waals surface area contributed by atoms with E-state index in [2.05, 4.69) is 29.4 Å². The van der Waals surface area contributed by atoms with Crippen molar-refractivity contribution in [2.24, 2.45) is 0 Å². The molecule has 0 aliphatic carbocycles. The summed E-state index contributed by atoms with van der Waals surface area (Å²) >= 11 is 0. The summed E-state index contributed by atoms with van der Waals surface area (Å²) < 4.78 is 1.41. The molecule has 4 heteroatoms. The first-order valence-electron chi connectivity index (χ1n) is 6.81. The number of fused-ring (bicyclic) bond motifs is 1. The van der Waals surface area contributed by atoms with Crippen molar-refractivity contribution >= 4 is 16.9 Å². The highest BCUT2D eigenvalue weighted by molar-refractivity contribution is 5.88. The van der Waals surface area contributed by atoms with Crippen LogP contribution in [0.1, 0.15) is 43.8 Å². The molecule has 0 saturated carbocycles. The molecule has 0 unspecified atom stereocenters. The standard InChI is InChI=1S/C15H19N3O/c1-2-3-4-5-6-7-12-15(19)18-14-11-9-8-10-13(14)16-17-18/h3-4,8-11H,2,5-7,12H2,1H3/b4-3+. The van der Waals surface area contributed by atoms with Gasteiger partial charge >= 0.3 is 0 Å². The molecule has 1 heterocycles. The quantitative estimate of drug-likeness (QED) is 0.587.